The molecule has 7 nitrogen and oxygen atoms in total. The van der Waals surface area contributed by atoms with Gasteiger partial charge >= 0.3 is 0 Å². The molecule has 2 saturated heterocycles. The van der Waals surface area contributed by atoms with Crippen LogP contribution in [0.4, 0.5) is 11.4 Å². The number of hydrogen-bond donors (Lipinski definition) is 1. The fourth-order valence-corrected chi connectivity index (χ4v) is 4.63. The van der Waals surface area contributed by atoms with Crippen LogP contribution in [0, 0.1) is 0 Å². The molecular weight excluding hydrogens is 437 g/mol. The van der Waals surface area contributed by atoms with Crippen molar-refractivity contribution < 1.29 is 19.1 Å². The zero-order valence-corrected chi connectivity index (χ0v) is 17.5. The van der Waals surface area contributed by atoms with Crippen LogP contribution < -0.4 is 15.1 Å². The maximum absolute atomic E-state index is 12.5. The lowest BCUT2D eigenvalue weighted by Gasteiger charge is -2.28. The number of benzene rings is 1. The van der Waals surface area contributed by atoms with E-state index in [-0.39, 0.29) is 36.8 Å². The summed E-state index contributed by atoms with van der Waals surface area (Å²) in [5, 5.41) is 3.25. The lowest BCUT2D eigenvalue weighted by molar-refractivity contribution is -0.125. The molecule has 152 valence electrons. The highest BCUT2D eigenvalue weighted by Gasteiger charge is 2.32. The van der Waals surface area contributed by atoms with Crippen LogP contribution in [0.15, 0.2) is 30.3 Å². The molecule has 1 aromatic carbocycles. The van der Waals surface area contributed by atoms with Gasteiger partial charge in [-0.1, -0.05) is 23.2 Å². The summed E-state index contributed by atoms with van der Waals surface area (Å²) < 4.78 is 5.68. The normalized spacial score (nSPS) is 19.7. The van der Waals surface area contributed by atoms with Crippen LogP contribution in [0.2, 0.25) is 9.36 Å². The Bertz CT molecular complexity index is 980. The fourth-order valence-electron chi connectivity index (χ4n) is 3.40. The highest BCUT2D eigenvalue weighted by molar-refractivity contribution is 7.18. The first-order chi connectivity index (χ1) is 13.9. The Morgan fingerprint density at radius 3 is 2.66 bits per heavy atom. The molecule has 1 atom stereocenters. The summed E-state index contributed by atoms with van der Waals surface area (Å²) in [6, 6.07) is 8.16. The van der Waals surface area contributed by atoms with Crippen molar-refractivity contribution in [2.75, 3.05) is 36.1 Å². The Morgan fingerprint density at radius 1 is 1.14 bits per heavy atom. The third-order valence-electron chi connectivity index (χ3n) is 4.78. The van der Waals surface area contributed by atoms with Crippen LogP contribution in [-0.4, -0.2) is 50.1 Å². The molecule has 2 aliphatic heterocycles. The second kappa shape index (κ2) is 8.31. The number of nitrogens with zero attached hydrogens (tertiary/aromatic N) is 2. The minimum absolute atomic E-state index is 0.0273. The maximum Gasteiger partial charge on any atom is 0.261 e. The molecule has 2 aliphatic rings. The molecule has 10 heteroatoms. The molecule has 3 heterocycles. The summed E-state index contributed by atoms with van der Waals surface area (Å²) in [4.78, 5) is 40.5. The van der Waals surface area contributed by atoms with Crippen LogP contribution in [0.1, 0.15) is 16.1 Å². The number of nitrogens with one attached hydrogen (secondary N) is 1. The van der Waals surface area contributed by atoms with Gasteiger partial charge in [-0.05, 0) is 30.3 Å². The first-order valence-electron chi connectivity index (χ1n) is 8.96. The van der Waals surface area contributed by atoms with E-state index in [1.165, 1.54) is 11.3 Å². The second-order valence-corrected chi connectivity index (χ2v) is 8.84. The molecule has 0 bridgehead atoms. The Kier molecular flexibility index (Phi) is 5.78. The molecular formula is C19H17Cl2N3O4S. The van der Waals surface area contributed by atoms with Crippen molar-refractivity contribution in [2.24, 2.45) is 0 Å². The molecule has 0 aliphatic carbocycles. The van der Waals surface area contributed by atoms with Crippen LogP contribution in [0.5, 0.6) is 0 Å². The van der Waals surface area contributed by atoms with E-state index in [9.17, 15) is 14.4 Å². The first kappa shape index (κ1) is 20.2. The Balaban J connectivity index is 1.46. The number of carbonyl (C=O) groups excluding carboxylic acids is 3. The lowest BCUT2D eigenvalue weighted by Crippen LogP contribution is -2.41. The monoisotopic (exact) mass is 453 g/mol. The second-order valence-electron chi connectivity index (χ2n) is 6.72. The van der Waals surface area contributed by atoms with E-state index in [4.69, 9.17) is 27.9 Å². The van der Waals surface area contributed by atoms with Gasteiger partial charge in [0.15, 0.2) is 0 Å². The summed E-state index contributed by atoms with van der Waals surface area (Å²) in [6.45, 7) is 1.25. The van der Waals surface area contributed by atoms with E-state index in [1.54, 1.807) is 40.1 Å². The number of carbonyl (C=O) groups is 3. The van der Waals surface area contributed by atoms with E-state index in [1.807, 2.05) is 0 Å². The van der Waals surface area contributed by atoms with E-state index in [0.717, 1.165) is 0 Å². The zero-order chi connectivity index (χ0) is 20.5. The van der Waals surface area contributed by atoms with Gasteiger partial charge in [0.05, 0.1) is 32.6 Å². The largest absolute Gasteiger partial charge is 0.370 e. The summed E-state index contributed by atoms with van der Waals surface area (Å²) in [5.74, 6) is -0.508. The molecule has 0 saturated carbocycles. The molecule has 1 unspecified atom stereocenters. The van der Waals surface area contributed by atoms with Gasteiger partial charge in [-0.2, -0.15) is 0 Å². The number of amides is 3. The zero-order valence-electron chi connectivity index (χ0n) is 15.2. The molecule has 2 aromatic rings. The van der Waals surface area contributed by atoms with Gasteiger partial charge in [-0.25, -0.2) is 0 Å². The third-order valence-corrected chi connectivity index (χ3v) is 6.31. The number of rotatable bonds is 4. The van der Waals surface area contributed by atoms with Crippen molar-refractivity contribution >= 4 is 63.6 Å². The molecule has 29 heavy (non-hydrogen) atoms. The van der Waals surface area contributed by atoms with Crippen LogP contribution in [0.3, 0.4) is 0 Å². The van der Waals surface area contributed by atoms with Crippen molar-refractivity contribution in [3.8, 4) is 0 Å². The summed E-state index contributed by atoms with van der Waals surface area (Å²) >= 11 is 13.5. The molecule has 0 spiro atoms. The van der Waals surface area contributed by atoms with Crippen molar-refractivity contribution in [1.29, 1.82) is 0 Å². The Labute approximate surface area is 181 Å². The van der Waals surface area contributed by atoms with Gasteiger partial charge in [-0.15, -0.1) is 11.3 Å². The predicted octanol–water partition coefficient (Wildman–Crippen LogP) is 2.95. The minimum atomic E-state index is -0.310. The van der Waals surface area contributed by atoms with Crippen molar-refractivity contribution in [3.63, 3.8) is 0 Å². The molecule has 0 radical (unpaired) electrons. The molecule has 3 amide bonds. The highest BCUT2D eigenvalue weighted by Crippen LogP contribution is 2.33. The fraction of sp³-hybridized carbons (Fsp3) is 0.316. The number of halogens is 2. The first-order valence-corrected chi connectivity index (χ1v) is 10.5. The number of hydrogen-bond acceptors (Lipinski definition) is 5. The maximum atomic E-state index is 12.5. The molecule has 2 fully saturated rings. The van der Waals surface area contributed by atoms with E-state index >= 15 is 0 Å². The highest BCUT2D eigenvalue weighted by atomic mass is 35.5. The number of thiophene rings is 1. The lowest BCUT2D eigenvalue weighted by atomic mass is 10.2. The molecule has 1 N–H and O–H groups in total. The average Bonchev–Trinajstić information content (AvgIpc) is 3.28. The minimum Gasteiger partial charge on any atom is -0.370 e. The summed E-state index contributed by atoms with van der Waals surface area (Å²) in [5.41, 5.74) is 1.22. The van der Waals surface area contributed by atoms with Gasteiger partial charge in [0.2, 0.25) is 5.91 Å². The number of anilines is 2. The smallest absolute Gasteiger partial charge is 0.261 e. The molecule has 1 aromatic heterocycles. The van der Waals surface area contributed by atoms with Crippen molar-refractivity contribution in [2.45, 2.75) is 12.5 Å². The van der Waals surface area contributed by atoms with Crippen LogP contribution in [-0.2, 0) is 14.3 Å². The number of ether oxygens (including phenoxy) is 1. The number of morpholine rings is 1. The SMILES string of the molecule is O=C(NC1CC(=O)N(c2ccc(N3CCOCC3=O)c(Cl)c2)C1)c1ccc(Cl)s1. The summed E-state index contributed by atoms with van der Waals surface area (Å²) in [7, 11) is 0. The van der Waals surface area contributed by atoms with Gasteiger partial charge in [0.1, 0.15) is 6.61 Å². The average molecular weight is 454 g/mol. The van der Waals surface area contributed by atoms with Crippen LogP contribution in [0.25, 0.3) is 0 Å². The van der Waals surface area contributed by atoms with Gasteiger partial charge in [-0.3, -0.25) is 14.4 Å². The van der Waals surface area contributed by atoms with Crippen molar-refractivity contribution in [1.82, 2.24) is 5.32 Å². The van der Waals surface area contributed by atoms with Gasteiger partial charge in [0, 0.05) is 25.2 Å². The van der Waals surface area contributed by atoms with E-state index < -0.39 is 0 Å². The standard InChI is InChI=1S/C19H17Cl2N3O4S/c20-13-8-12(1-2-14(13)23-5-6-28-10-18(23)26)24-9-11(7-17(24)25)22-19(27)15-3-4-16(21)29-15/h1-4,8,11H,5-7,9-10H2,(H,22,27). The van der Waals surface area contributed by atoms with Gasteiger partial charge in [0.25, 0.3) is 11.8 Å². The summed E-state index contributed by atoms with van der Waals surface area (Å²) in [6.07, 6.45) is 0.201. The Morgan fingerprint density at radius 2 is 1.97 bits per heavy atom. The van der Waals surface area contributed by atoms with Crippen LogP contribution >= 0.6 is 34.5 Å². The van der Waals surface area contributed by atoms with E-state index in [2.05, 4.69) is 5.32 Å². The van der Waals surface area contributed by atoms with Crippen molar-refractivity contribution in [3.05, 3.63) is 44.6 Å². The topological polar surface area (TPSA) is 79.0 Å². The quantitative estimate of drug-likeness (QED) is 0.771. The van der Waals surface area contributed by atoms with Gasteiger partial charge < -0.3 is 19.9 Å². The third kappa shape index (κ3) is 4.25. The predicted molar refractivity (Wildman–Crippen MR) is 112 cm³/mol. The molecule has 4 rings (SSSR count). The Hall–Kier alpha value is -2.13. The van der Waals surface area contributed by atoms with E-state index in [0.29, 0.717) is 45.3 Å².